The Labute approximate surface area is 146 Å². The van der Waals surface area contributed by atoms with Crippen LogP contribution in [0.5, 0.6) is 5.75 Å². The van der Waals surface area contributed by atoms with Gasteiger partial charge in [0.25, 0.3) is 0 Å². The number of hydrogen-bond donors (Lipinski definition) is 1. The van der Waals surface area contributed by atoms with Gasteiger partial charge >= 0.3 is 6.03 Å². The van der Waals surface area contributed by atoms with Crippen LogP contribution in [0.3, 0.4) is 0 Å². The number of para-hydroxylation sites is 1. The van der Waals surface area contributed by atoms with Crippen LogP contribution < -0.4 is 10.1 Å². The fourth-order valence-corrected chi connectivity index (χ4v) is 3.38. The molecule has 0 aliphatic carbocycles. The van der Waals surface area contributed by atoms with Gasteiger partial charge in [-0.05, 0) is 25.0 Å². The highest BCUT2D eigenvalue weighted by Gasteiger charge is 2.39. The first-order valence-electron chi connectivity index (χ1n) is 8.48. The zero-order valence-corrected chi connectivity index (χ0v) is 14.2. The third kappa shape index (κ3) is 3.22. The molecule has 0 radical (unpaired) electrons. The summed E-state index contributed by atoms with van der Waals surface area (Å²) in [6.07, 6.45) is 7.62. The normalized spacial score (nSPS) is 21.7. The molecule has 4 rings (SSSR count). The van der Waals surface area contributed by atoms with E-state index in [1.807, 2.05) is 29.2 Å². The van der Waals surface area contributed by atoms with Crippen LogP contribution in [0.4, 0.5) is 4.79 Å². The number of ether oxygens (including phenoxy) is 1. The molecule has 1 spiro atoms. The molecule has 25 heavy (non-hydrogen) atoms. The van der Waals surface area contributed by atoms with Gasteiger partial charge in [-0.2, -0.15) is 5.10 Å². The van der Waals surface area contributed by atoms with Crippen molar-refractivity contribution in [1.29, 1.82) is 0 Å². The van der Waals surface area contributed by atoms with Crippen LogP contribution in [-0.4, -0.2) is 44.4 Å². The Bertz CT molecular complexity index is 815. The molecule has 1 fully saturated rings. The van der Waals surface area contributed by atoms with Crippen molar-refractivity contribution in [1.82, 2.24) is 25.0 Å². The highest BCUT2D eigenvalue weighted by atomic mass is 16.5. The van der Waals surface area contributed by atoms with Gasteiger partial charge < -0.3 is 15.0 Å². The molecule has 130 valence electrons. The highest BCUT2D eigenvalue weighted by molar-refractivity contribution is 5.74. The average molecular weight is 339 g/mol. The van der Waals surface area contributed by atoms with E-state index in [1.54, 1.807) is 18.1 Å². The summed E-state index contributed by atoms with van der Waals surface area (Å²) >= 11 is 0. The van der Waals surface area contributed by atoms with Crippen molar-refractivity contribution in [3.05, 3.63) is 48.1 Å². The SMILES string of the molecule is Cn1cnc(CNC(=O)N2CCCC3(C=Cc4ccccc4O3)C2)n1. The lowest BCUT2D eigenvalue weighted by molar-refractivity contribution is 0.0414. The maximum absolute atomic E-state index is 12.5. The van der Waals surface area contributed by atoms with Crippen molar-refractivity contribution in [3.63, 3.8) is 0 Å². The second-order valence-electron chi connectivity index (χ2n) is 6.56. The minimum absolute atomic E-state index is 0.109. The van der Waals surface area contributed by atoms with Crippen molar-refractivity contribution in [2.24, 2.45) is 7.05 Å². The van der Waals surface area contributed by atoms with Crippen molar-refractivity contribution in [2.75, 3.05) is 13.1 Å². The number of rotatable bonds is 2. The Morgan fingerprint density at radius 2 is 2.28 bits per heavy atom. The van der Waals surface area contributed by atoms with Gasteiger partial charge in [0.1, 0.15) is 17.7 Å². The van der Waals surface area contributed by atoms with E-state index in [9.17, 15) is 4.79 Å². The van der Waals surface area contributed by atoms with Gasteiger partial charge in [-0.15, -0.1) is 0 Å². The Morgan fingerprint density at radius 3 is 3.12 bits per heavy atom. The molecule has 2 amide bonds. The Balaban J connectivity index is 1.42. The zero-order valence-electron chi connectivity index (χ0n) is 14.2. The second kappa shape index (κ2) is 6.23. The molecular weight excluding hydrogens is 318 g/mol. The van der Waals surface area contributed by atoms with Gasteiger partial charge in [-0.3, -0.25) is 4.68 Å². The Morgan fingerprint density at radius 1 is 1.40 bits per heavy atom. The number of carbonyl (C=O) groups excluding carboxylic acids is 1. The average Bonchev–Trinajstić information content (AvgIpc) is 3.05. The van der Waals surface area contributed by atoms with Crippen molar-refractivity contribution < 1.29 is 9.53 Å². The number of benzene rings is 1. The molecule has 2 aliphatic rings. The van der Waals surface area contributed by atoms with E-state index in [1.165, 1.54) is 0 Å². The van der Waals surface area contributed by atoms with Crippen LogP contribution in [-0.2, 0) is 13.6 Å². The van der Waals surface area contributed by atoms with Crippen molar-refractivity contribution >= 4 is 12.1 Å². The zero-order chi connectivity index (χ0) is 17.3. The summed E-state index contributed by atoms with van der Waals surface area (Å²) in [5.74, 6) is 1.48. The lowest BCUT2D eigenvalue weighted by Gasteiger charge is -2.42. The molecule has 3 heterocycles. The molecule has 1 N–H and O–H groups in total. The topological polar surface area (TPSA) is 72.3 Å². The number of urea groups is 1. The third-order valence-electron chi connectivity index (χ3n) is 4.62. The molecule has 1 aromatic heterocycles. The van der Waals surface area contributed by atoms with Gasteiger partial charge in [0, 0.05) is 19.2 Å². The number of piperidine rings is 1. The van der Waals surface area contributed by atoms with E-state index < -0.39 is 5.60 Å². The number of likely N-dealkylation sites (tertiary alicyclic amines) is 1. The van der Waals surface area contributed by atoms with E-state index in [2.05, 4.69) is 27.6 Å². The summed E-state index contributed by atoms with van der Waals surface area (Å²) in [6.45, 7) is 1.59. The fourth-order valence-electron chi connectivity index (χ4n) is 3.38. The van der Waals surface area contributed by atoms with Crippen LogP contribution in [0.25, 0.3) is 6.08 Å². The molecule has 1 saturated heterocycles. The Kier molecular flexibility index (Phi) is 3.91. The molecule has 1 atom stereocenters. The molecule has 0 saturated carbocycles. The molecular formula is C18H21N5O2. The number of nitrogens with zero attached hydrogens (tertiary/aromatic N) is 4. The predicted octanol–water partition coefficient (Wildman–Crippen LogP) is 1.97. The first-order valence-corrected chi connectivity index (χ1v) is 8.48. The Hall–Kier alpha value is -2.83. The molecule has 2 aromatic rings. The largest absolute Gasteiger partial charge is 0.481 e. The number of amides is 2. The summed E-state index contributed by atoms with van der Waals surface area (Å²) in [5.41, 5.74) is 0.642. The van der Waals surface area contributed by atoms with E-state index in [-0.39, 0.29) is 6.03 Å². The van der Waals surface area contributed by atoms with Crippen molar-refractivity contribution in [3.8, 4) is 5.75 Å². The number of fused-ring (bicyclic) bond motifs is 1. The summed E-state index contributed by atoms with van der Waals surface area (Å²) in [4.78, 5) is 18.5. The number of aryl methyl sites for hydroxylation is 1. The minimum atomic E-state index is -0.437. The highest BCUT2D eigenvalue weighted by Crippen LogP contribution is 2.35. The van der Waals surface area contributed by atoms with Crippen LogP contribution in [0, 0.1) is 0 Å². The number of aromatic nitrogens is 3. The van der Waals surface area contributed by atoms with Crippen LogP contribution in [0.2, 0.25) is 0 Å². The van der Waals surface area contributed by atoms with E-state index in [0.717, 1.165) is 30.7 Å². The van der Waals surface area contributed by atoms with Crippen LogP contribution >= 0.6 is 0 Å². The lowest BCUT2D eigenvalue weighted by atomic mass is 9.89. The number of hydrogen-bond acceptors (Lipinski definition) is 4. The molecule has 1 aromatic carbocycles. The monoisotopic (exact) mass is 339 g/mol. The van der Waals surface area contributed by atoms with E-state index in [0.29, 0.717) is 18.9 Å². The summed E-state index contributed by atoms with van der Waals surface area (Å²) in [6, 6.07) is 7.87. The number of carbonyl (C=O) groups is 1. The van der Waals surface area contributed by atoms with Gasteiger partial charge in [0.15, 0.2) is 5.82 Å². The van der Waals surface area contributed by atoms with Crippen molar-refractivity contribution in [2.45, 2.75) is 25.0 Å². The van der Waals surface area contributed by atoms with Gasteiger partial charge in [0.05, 0.1) is 13.1 Å². The quantitative estimate of drug-likeness (QED) is 0.908. The maximum Gasteiger partial charge on any atom is 0.317 e. The molecule has 0 bridgehead atoms. The second-order valence-corrected chi connectivity index (χ2v) is 6.56. The summed E-state index contributed by atoms with van der Waals surface area (Å²) in [5, 5.41) is 7.06. The van der Waals surface area contributed by atoms with Crippen LogP contribution in [0.15, 0.2) is 36.7 Å². The minimum Gasteiger partial charge on any atom is -0.481 e. The summed E-state index contributed by atoms with van der Waals surface area (Å²) < 4.78 is 7.89. The van der Waals surface area contributed by atoms with E-state index in [4.69, 9.17) is 4.74 Å². The third-order valence-corrected chi connectivity index (χ3v) is 4.62. The smallest absolute Gasteiger partial charge is 0.317 e. The predicted molar refractivity (Wildman–Crippen MR) is 92.9 cm³/mol. The van der Waals surface area contributed by atoms with Gasteiger partial charge in [-0.1, -0.05) is 24.3 Å². The molecule has 2 aliphatic heterocycles. The molecule has 1 unspecified atom stereocenters. The molecule has 7 heteroatoms. The summed E-state index contributed by atoms with van der Waals surface area (Å²) in [7, 11) is 1.80. The standard InChI is InChI=1S/C18H21N5O2/c1-22-13-20-16(21-22)11-19-17(24)23-10-4-8-18(12-23)9-7-14-5-2-3-6-15(14)25-18/h2-3,5-7,9,13H,4,8,10-12H2,1H3,(H,19,24). The maximum atomic E-state index is 12.5. The van der Waals surface area contributed by atoms with Gasteiger partial charge in [-0.25, -0.2) is 9.78 Å². The first-order chi connectivity index (χ1) is 12.1. The lowest BCUT2D eigenvalue weighted by Crippen LogP contribution is -2.55. The van der Waals surface area contributed by atoms with E-state index >= 15 is 0 Å². The first kappa shape index (κ1) is 15.7. The van der Waals surface area contributed by atoms with Crippen LogP contribution in [0.1, 0.15) is 24.2 Å². The fraction of sp³-hybridized carbons (Fsp3) is 0.389. The molecule has 7 nitrogen and oxygen atoms in total. The van der Waals surface area contributed by atoms with Gasteiger partial charge in [0.2, 0.25) is 0 Å². The number of nitrogens with one attached hydrogen (secondary N) is 1.